The lowest BCUT2D eigenvalue weighted by Gasteiger charge is -2.26. The SMILES string of the molecule is CCc1ccc(N[C@H]2c3ncccc3C(=O)N2Cc2ccc(F)cc2)cc1. The van der Waals surface area contributed by atoms with Crippen LogP contribution in [0.25, 0.3) is 0 Å². The smallest absolute Gasteiger partial charge is 0.258 e. The molecule has 3 aromatic rings. The van der Waals surface area contributed by atoms with Gasteiger partial charge in [0.25, 0.3) is 5.91 Å². The summed E-state index contributed by atoms with van der Waals surface area (Å²) < 4.78 is 13.2. The van der Waals surface area contributed by atoms with Crippen LogP contribution in [0.4, 0.5) is 10.1 Å². The Labute approximate surface area is 157 Å². The summed E-state index contributed by atoms with van der Waals surface area (Å²) in [5.41, 5.74) is 4.36. The zero-order valence-electron chi connectivity index (χ0n) is 15.0. The minimum atomic E-state index is -0.369. The molecular formula is C22H20FN3O. The Morgan fingerprint density at radius 3 is 2.44 bits per heavy atom. The summed E-state index contributed by atoms with van der Waals surface area (Å²) in [6, 6.07) is 18.0. The number of nitrogens with zero attached hydrogens (tertiary/aromatic N) is 2. The van der Waals surface area contributed by atoms with Crippen molar-refractivity contribution in [3.63, 3.8) is 0 Å². The van der Waals surface area contributed by atoms with E-state index in [9.17, 15) is 9.18 Å². The molecule has 1 aliphatic rings. The third-order valence-corrected chi connectivity index (χ3v) is 4.83. The van der Waals surface area contributed by atoms with Gasteiger partial charge in [0.15, 0.2) is 0 Å². The molecule has 0 radical (unpaired) electrons. The first-order valence-corrected chi connectivity index (χ1v) is 9.01. The van der Waals surface area contributed by atoms with Gasteiger partial charge in [0, 0.05) is 18.4 Å². The summed E-state index contributed by atoms with van der Waals surface area (Å²) in [4.78, 5) is 19.1. The number of hydrogen-bond acceptors (Lipinski definition) is 3. The highest BCUT2D eigenvalue weighted by molar-refractivity contribution is 5.98. The Balaban J connectivity index is 1.65. The highest BCUT2D eigenvalue weighted by atomic mass is 19.1. The summed E-state index contributed by atoms with van der Waals surface area (Å²) in [5.74, 6) is -0.368. The number of fused-ring (bicyclic) bond motifs is 1. The summed E-state index contributed by atoms with van der Waals surface area (Å²) in [7, 11) is 0. The van der Waals surface area contributed by atoms with Gasteiger partial charge in [-0.3, -0.25) is 9.78 Å². The van der Waals surface area contributed by atoms with Crippen molar-refractivity contribution in [2.75, 3.05) is 5.32 Å². The number of rotatable bonds is 5. The monoisotopic (exact) mass is 361 g/mol. The van der Waals surface area contributed by atoms with E-state index in [-0.39, 0.29) is 17.9 Å². The van der Waals surface area contributed by atoms with Gasteiger partial charge in [0.1, 0.15) is 12.0 Å². The first-order valence-electron chi connectivity index (χ1n) is 9.01. The predicted octanol–water partition coefficient (Wildman–Crippen LogP) is 4.55. The van der Waals surface area contributed by atoms with Crippen LogP contribution in [0.3, 0.4) is 0 Å². The fraction of sp³-hybridized carbons (Fsp3) is 0.182. The molecule has 5 heteroatoms. The zero-order chi connectivity index (χ0) is 18.8. The average Bonchev–Trinajstić information content (AvgIpc) is 2.96. The predicted molar refractivity (Wildman–Crippen MR) is 103 cm³/mol. The van der Waals surface area contributed by atoms with Crippen molar-refractivity contribution in [3.8, 4) is 0 Å². The highest BCUT2D eigenvalue weighted by Gasteiger charge is 2.37. The third kappa shape index (κ3) is 3.40. The van der Waals surface area contributed by atoms with Gasteiger partial charge in [0.05, 0.1) is 11.3 Å². The summed E-state index contributed by atoms with van der Waals surface area (Å²) in [6.07, 6.45) is 2.30. The number of aromatic nitrogens is 1. The molecule has 0 aliphatic carbocycles. The number of benzene rings is 2. The molecule has 2 heterocycles. The fourth-order valence-corrected chi connectivity index (χ4v) is 3.33. The van der Waals surface area contributed by atoms with Crippen LogP contribution < -0.4 is 5.32 Å². The van der Waals surface area contributed by atoms with Gasteiger partial charge in [-0.1, -0.05) is 31.2 Å². The van der Waals surface area contributed by atoms with Gasteiger partial charge in [-0.2, -0.15) is 0 Å². The minimum absolute atomic E-state index is 0.0786. The van der Waals surface area contributed by atoms with Crippen LogP contribution >= 0.6 is 0 Å². The molecule has 0 unspecified atom stereocenters. The topological polar surface area (TPSA) is 45.2 Å². The molecule has 1 aromatic heterocycles. The van der Waals surface area contributed by atoms with Crippen LogP contribution in [0, 0.1) is 5.82 Å². The third-order valence-electron chi connectivity index (χ3n) is 4.83. The lowest BCUT2D eigenvalue weighted by Crippen LogP contribution is -2.32. The number of carbonyl (C=O) groups is 1. The molecule has 4 rings (SSSR count). The largest absolute Gasteiger partial charge is 0.360 e. The Kier molecular flexibility index (Phi) is 4.59. The number of nitrogens with one attached hydrogen (secondary N) is 1. The molecule has 1 aliphatic heterocycles. The molecule has 4 nitrogen and oxygen atoms in total. The molecule has 2 aromatic carbocycles. The minimum Gasteiger partial charge on any atom is -0.360 e. The van der Waals surface area contributed by atoms with Crippen molar-refractivity contribution in [2.45, 2.75) is 26.1 Å². The lowest BCUT2D eigenvalue weighted by atomic mass is 10.1. The molecule has 27 heavy (non-hydrogen) atoms. The van der Waals surface area contributed by atoms with E-state index in [0.29, 0.717) is 17.8 Å². The molecule has 1 atom stereocenters. The van der Waals surface area contributed by atoms with Gasteiger partial charge in [-0.05, 0) is 53.9 Å². The molecule has 1 amide bonds. The zero-order valence-corrected chi connectivity index (χ0v) is 15.0. The summed E-state index contributed by atoms with van der Waals surface area (Å²) in [5, 5.41) is 3.43. The van der Waals surface area contributed by atoms with Crippen molar-refractivity contribution < 1.29 is 9.18 Å². The number of carbonyl (C=O) groups excluding carboxylic acids is 1. The van der Waals surface area contributed by atoms with Crippen LogP contribution in [0.5, 0.6) is 0 Å². The van der Waals surface area contributed by atoms with E-state index in [1.54, 1.807) is 35.4 Å². The second-order valence-electron chi connectivity index (χ2n) is 6.59. The first-order chi connectivity index (χ1) is 13.2. The van der Waals surface area contributed by atoms with E-state index >= 15 is 0 Å². The van der Waals surface area contributed by atoms with Gasteiger partial charge >= 0.3 is 0 Å². The number of amides is 1. The van der Waals surface area contributed by atoms with E-state index in [1.165, 1.54) is 17.7 Å². The Morgan fingerprint density at radius 2 is 1.74 bits per heavy atom. The average molecular weight is 361 g/mol. The molecule has 136 valence electrons. The van der Waals surface area contributed by atoms with Crippen LogP contribution in [0.15, 0.2) is 66.9 Å². The molecular weight excluding hydrogens is 341 g/mol. The molecule has 0 saturated heterocycles. The molecule has 0 saturated carbocycles. The van der Waals surface area contributed by atoms with Gasteiger partial charge in [-0.15, -0.1) is 0 Å². The molecule has 0 fully saturated rings. The normalized spacial score (nSPS) is 15.7. The second-order valence-corrected chi connectivity index (χ2v) is 6.59. The van der Waals surface area contributed by atoms with Gasteiger partial charge in [0.2, 0.25) is 0 Å². The van der Waals surface area contributed by atoms with Gasteiger partial charge < -0.3 is 10.2 Å². The van der Waals surface area contributed by atoms with Crippen molar-refractivity contribution in [1.82, 2.24) is 9.88 Å². The van der Waals surface area contributed by atoms with Crippen LogP contribution in [-0.4, -0.2) is 15.8 Å². The van der Waals surface area contributed by atoms with Crippen molar-refractivity contribution in [2.24, 2.45) is 0 Å². The summed E-state index contributed by atoms with van der Waals surface area (Å²) >= 11 is 0. The highest BCUT2D eigenvalue weighted by Crippen LogP contribution is 2.34. The molecule has 1 N–H and O–H groups in total. The van der Waals surface area contributed by atoms with E-state index in [0.717, 1.165) is 17.7 Å². The van der Waals surface area contributed by atoms with Gasteiger partial charge in [-0.25, -0.2) is 4.39 Å². The lowest BCUT2D eigenvalue weighted by molar-refractivity contribution is 0.0728. The maximum absolute atomic E-state index is 13.2. The Bertz CT molecular complexity index is 954. The van der Waals surface area contributed by atoms with E-state index in [2.05, 4.69) is 29.4 Å². The number of aryl methyl sites for hydroxylation is 1. The van der Waals surface area contributed by atoms with Crippen LogP contribution in [-0.2, 0) is 13.0 Å². The summed E-state index contributed by atoms with van der Waals surface area (Å²) in [6.45, 7) is 2.49. The van der Waals surface area contributed by atoms with E-state index in [1.807, 2.05) is 12.1 Å². The van der Waals surface area contributed by atoms with Crippen molar-refractivity contribution >= 4 is 11.6 Å². The maximum Gasteiger partial charge on any atom is 0.258 e. The fourth-order valence-electron chi connectivity index (χ4n) is 3.33. The van der Waals surface area contributed by atoms with Crippen LogP contribution in [0.2, 0.25) is 0 Å². The molecule has 0 spiro atoms. The van der Waals surface area contributed by atoms with E-state index in [4.69, 9.17) is 0 Å². The standard InChI is InChI=1S/C22H20FN3O/c1-2-15-7-11-18(12-8-15)25-21-20-19(4-3-13-24-20)22(27)26(21)14-16-5-9-17(23)10-6-16/h3-13,21,25H,2,14H2,1H3/t21-/m1/s1. The Morgan fingerprint density at radius 1 is 1.04 bits per heavy atom. The Hall–Kier alpha value is -3.21. The maximum atomic E-state index is 13.2. The number of anilines is 1. The first kappa shape index (κ1) is 17.2. The van der Waals surface area contributed by atoms with Crippen molar-refractivity contribution in [3.05, 3.63) is 95.1 Å². The van der Waals surface area contributed by atoms with Crippen LogP contribution in [0.1, 0.15) is 40.3 Å². The van der Waals surface area contributed by atoms with Crippen molar-refractivity contribution in [1.29, 1.82) is 0 Å². The molecule has 0 bridgehead atoms. The quantitative estimate of drug-likeness (QED) is 0.725. The van der Waals surface area contributed by atoms with E-state index < -0.39 is 0 Å². The number of hydrogen-bond donors (Lipinski definition) is 1. The number of pyridine rings is 1. The second kappa shape index (κ2) is 7.19. The number of halogens is 1.